The fourth-order valence-electron chi connectivity index (χ4n) is 2.57. The summed E-state index contributed by atoms with van der Waals surface area (Å²) in [6.07, 6.45) is 0.879. The largest absolute Gasteiger partial charge is 0.352 e. The number of amides is 1. The second-order valence-corrected chi connectivity index (χ2v) is 5.79. The summed E-state index contributed by atoms with van der Waals surface area (Å²) in [6, 6.07) is 13.3. The van der Waals surface area contributed by atoms with Crippen molar-refractivity contribution in [2.24, 2.45) is 0 Å². The van der Waals surface area contributed by atoms with Gasteiger partial charge in [0.2, 0.25) is 0 Å². The van der Waals surface area contributed by atoms with Crippen LogP contribution in [-0.2, 0) is 0 Å². The highest BCUT2D eigenvalue weighted by atomic mass is 35.5. The Bertz CT molecular complexity index is 863. The van der Waals surface area contributed by atoms with Crippen LogP contribution in [0.4, 0.5) is 0 Å². The minimum absolute atomic E-state index is 0.120. The van der Waals surface area contributed by atoms with E-state index in [2.05, 4.69) is 15.6 Å². The highest BCUT2D eigenvalue weighted by Crippen LogP contribution is 2.28. The van der Waals surface area contributed by atoms with Crippen LogP contribution >= 0.6 is 11.6 Å². The second kappa shape index (κ2) is 6.94. The molecule has 0 atom stereocenters. The van der Waals surface area contributed by atoms with E-state index in [1.807, 2.05) is 37.4 Å². The summed E-state index contributed by atoms with van der Waals surface area (Å²) >= 11 is 6.30. The molecule has 0 fully saturated rings. The van der Waals surface area contributed by atoms with Crippen LogP contribution in [0.2, 0.25) is 5.02 Å². The third-order valence-corrected chi connectivity index (χ3v) is 4.10. The number of hydrogen-bond acceptors (Lipinski definition) is 3. The lowest BCUT2D eigenvalue weighted by atomic mass is 10.1. The predicted octanol–water partition coefficient (Wildman–Crippen LogP) is 3.38. The van der Waals surface area contributed by atoms with Crippen LogP contribution in [0, 0.1) is 0 Å². The van der Waals surface area contributed by atoms with Crippen molar-refractivity contribution in [2.45, 2.75) is 6.42 Å². The molecular weight excluding hydrogens is 310 g/mol. The maximum Gasteiger partial charge on any atom is 0.253 e. The number of carbonyl (C=O) groups excluding carboxylic acids is 1. The molecule has 1 heterocycles. The highest BCUT2D eigenvalue weighted by molar-refractivity contribution is 6.36. The molecule has 23 heavy (non-hydrogen) atoms. The molecule has 0 aliphatic rings. The van der Waals surface area contributed by atoms with Crippen LogP contribution in [0.1, 0.15) is 16.8 Å². The van der Waals surface area contributed by atoms with E-state index in [9.17, 15) is 4.79 Å². The molecule has 0 saturated carbocycles. The fraction of sp³-hybridized carbons (Fsp3) is 0.222. The molecule has 0 unspecified atom stereocenters. The van der Waals surface area contributed by atoms with Crippen molar-refractivity contribution in [1.29, 1.82) is 0 Å². The van der Waals surface area contributed by atoms with Crippen LogP contribution in [-0.4, -0.2) is 31.0 Å². The standard InChI is InChI=1S/C18H18ClN3O/c1-20-9-4-10-21-18(23)13-7-8-15(19)14-11-12-5-2-3-6-16(12)22-17(13)14/h2-3,5-8,11,20H,4,9-10H2,1H3,(H,21,23). The number of benzene rings is 2. The maximum absolute atomic E-state index is 12.5. The lowest BCUT2D eigenvalue weighted by molar-refractivity contribution is 0.0955. The van der Waals surface area contributed by atoms with E-state index in [4.69, 9.17) is 11.6 Å². The van der Waals surface area contributed by atoms with E-state index in [0.717, 1.165) is 29.3 Å². The zero-order valence-electron chi connectivity index (χ0n) is 12.9. The Labute approximate surface area is 139 Å². The number of hydrogen-bond donors (Lipinski definition) is 2. The molecule has 0 bridgehead atoms. The van der Waals surface area contributed by atoms with Crippen LogP contribution < -0.4 is 10.6 Å². The summed E-state index contributed by atoms with van der Waals surface area (Å²) in [6.45, 7) is 1.49. The average Bonchev–Trinajstić information content (AvgIpc) is 2.57. The van der Waals surface area contributed by atoms with Gasteiger partial charge in [0, 0.05) is 17.3 Å². The van der Waals surface area contributed by atoms with Gasteiger partial charge in [0.25, 0.3) is 5.91 Å². The number of pyridine rings is 1. The van der Waals surface area contributed by atoms with Crippen molar-refractivity contribution in [3.05, 3.63) is 53.1 Å². The molecule has 0 spiro atoms. The quantitative estimate of drug-likeness (QED) is 0.558. The number of halogens is 1. The zero-order chi connectivity index (χ0) is 16.2. The normalized spacial score (nSPS) is 11.0. The van der Waals surface area contributed by atoms with Gasteiger partial charge in [-0.1, -0.05) is 29.8 Å². The van der Waals surface area contributed by atoms with Gasteiger partial charge in [-0.05, 0) is 44.3 Å². The monoisotopic (exact) mass is 327 g/mol. The Morgan fingerprint density at radius 1 is 1.17 bits per heavy atom. The number of rotatable bonds is 5. The first-order chi connectivity index (χ1) is 11.2. The van der Waals surface area contributed by atoms with Gasteiger partial charge in [-0.2, -0.15) is 0 Å². The third kappa shape index (κ3) is 3.28. The van der Waals surface area contributed by atoms with Crippen LogP contribution in [0.5, 0.6) is 0 Å². The number of fused-ring (bicyclic) bond motifs is 2. The third-order valence-electron chi connectivity index (χ3n) is 3.77. The minimum Gasteiger partial charge on any atom is -0.352 e. The first kappa shape index (κ1) is 15.7. The highest BCUT2D eigenvalue weighted by Gasteiger charge is 2.13. The number of aromatic nitrogens is 1. The predicted molar refractivity (Wildman–Crippen MR) is 95.1 cm³/mol. The van der Waals surface area contributed by atoms with Crippen molar-refractivity contribution in [1.82, 2.24) is 15.6 Å². The smallest absolute Gasteiger partial charge is 0.253 e. The van der Waals surface area contributed by atoms with E-state index in [-0.39, 0.29) is 5.91 Å². The molecule has 2 N–H and O–H groups in total. The van der Waals surface area contributed by atoms with Crippen LogP contribution in [0.15, 0.2) is 42.5 Å². The number of nitrogens with one attached hydrogen (secondary N) is 2. The first-order valence-corrected chi connectivity index (χ1v) is 7.99. The summed E-state index contributed by atoms with van der Waals surface area (Å²) < 4.78 is 0. The van der Waals surface area contributed by atoms with Gasteiger partial charge >= 0.3 is 0 Å². The van der Waals surface area contributed by atoms with Gasteiger partial charge in [-0.15, -0.1) is 0 Å². The number of carbonyl (C=O) groups is 1. The molecule has 3 aromatic rings. The zero-order valence-corrected chi connectivity index (χ0v) is 13.7. The van der Waals surface area contributed by atoms with Crippen molar-refractivity contribution < 1.29 is 4.79 Å². The Hall–Kier alpha value is -2.17. The number of para-hydroxylation sites is 1. The Morgan fingerprint density at radius 2 is 2.00 bits per heavy atom. The topological polar surface area (TPSA) is 54.0 Å². The summed E-state index contributed by atoms with van der Waals surface area (Å²) in [5.74, 6) is -0.120. The molecule has 1 amide bonds. The van der Waals surface area contributed by atoms with E-state index < -0.39 is 0 Å². The molecular formula is C18H18ClN3O. The summed E-state index contributed by atoms with van der Waals surface area (Å²) in [4.78, 5) is 17.1. The van der Waals surface area contributed by atoms with Crippen molar-refractivity contribution in [2.75, 3.05) is 20.1 Å². The molecule has 3 rings (SSSR count). The Kier molecular flexibility index (Phi) is 4.74. The summed E-state index contributed by atoms with van der Waals surface area (Å²) in [5.41, 5.74) is 2.05. The van der Waals surface area contributed by atoms with Gasteiger partial charge in [-0.3, -0.25) is 4.79 Å². The second-order valence-electron chi connectivity index (χ2n) is 5.39. The van der Waals surface area contributed by atoms with Crippen LogP contribution in [0.3, 0.4) is 0 Å². The summed E-state index contributed by atoms with van der Waals surface area (Å²) in [5, 5.41) is 8.40. The molecule has 4 nitrogen and oxygen atoms in total. The molecule has 118 valence electrons. The minimum atomic E-state index is -0.120. The van der Waals surface area contributed by atoms with Crippen molar-refractivity contribution in [3.63, 3.8) is 0 Å². The lowest BCUT2D eigenvalue weighted by Crippen LogP contribution is -2.26. The summed E-state index contributed by atoms with van der Waals surface area (Å²) in [7, 11) is 1.89. The van der Waals surface area contributed by atoms with Crippen LogP contribution in [0.25, 0.3) is 21.8 Å². The Balaban J connectivity index is 2.01. The van der Waals surface area contributed by atoms with Gasteiger partial charge in [-0.25, -0.2) is 4.98 Å². The van der Waals surface area contributed by atoms with Gasteiger partial charge < -0.3 is 10.6 Å². The van der Waals surface area contributed by atoms with E-state index in [0.29, 0.717) is 22.6 Å². The van der Waals surface area contributed by atoms with Crippen molar-refractivity contribution >= 4 is 39.3 Å². The molecule has 0 aliphatic carbocycles. The number of nitrogens with zero attached hydrogens (tertiary/aromatic N) is 1. The molecule has 1 aromatic heterocycles. The maximum atomic E-state index is 12.5. The van der Waals surface area contributed by atoms with E-state index >= 15 is 0 Å². The molecule has 2 aromatic carbocycles. The molecule has 0 aliphatic heterocycles. The molecule has 0 radical (unpaired) electrons. The van der Waals surface area contributed by atoms with Gasteiger partial charge in [0.15, 0.2) is 0 Å². The van der Waals surface area contributed by atoms with E-state index in [1.165, 1.54) is 0 Å². The molecule has 0 saturated heterocycles. The Morgan fingerprint density at radius 3 is 2.83 bits per heavy atom. The van der Waals surface area contributed by atoms with Crippen molar-refractivity contribution in [3.8, 4) is 0 Å². The molecule has 5 heteroatoms. The lowest BCUT2D eigenvalue weighted by Gasteiger charge is -2.10. The fourth-order valence-corrected chi connectivity index (χ4v) is 2.78. The average molecular weight is 328 g/mol. The van der Waals surface area contributed by atoms with Gasteiger partial charge in [0.1, 0.15) is 0 Å². The first-order valence-electron chi connectivity index (χ1n) is 7.61. The van der Waals surface area contributed by atoms with E-state index in [1.54, 1.807) is 12.1 Å². The SMILES string of the molecule is CNCCCNC(=O)c1ccc(Cl)c2cc3ccccc3nc12. The van der Waals surface area contributed by atoms with Gasteiger partial charge in [0.05, 0.1) is 21.6 Å².